The van der Waals surface area contributed by atoms with Crippen molar-refractivity contribution < 1.29 is 27.3 Å². The highest BCUT2D eigenvalue weighted by Gasteiger charge is 2.35. The van der Waals surface area contributed by atoms with Gasteiger partial charge in [-0.1, -0.05) is 11.6 Å². The van der Waals surface area contributed by atoms with Gasteiger partial charge >= 0.3 is 13.3 Å². The molecule has 0 spiro atoms. The molecule has 0 atom stereocenters. The third kappa shape index (κ3) is 3.10. The molecule has 1 aromatic heterocycles. The first-order chi connectivity index (χ1) is 11.3. The van der Waals surface area contributed by atoms with Gasteiger partial charge in [-0.15, -0.1) is 4.48 Å². The second kappa shape index (κ2) is 6.08. The van der Waals surface area contributed by atoms with Crippen LogP contribution in [0.1, 0.15) is 11.1 Å². The summed E-state index contributed by atoms with van der Waals surface area (Å²) < 4.78 is 55.6. The first-order valence-electron chi connectivity index (χ1n) is 6.49. The first-order valence-corrected chi connectivity index (χ1v) is 6.87. The van der Waals surface area contributed by atoms with Crippen LogP contribution in [-0.4, -0.2) is 22.1 Å². The SMILES string of the molecule is OB1OCc2cc(Nc3ncc(C(F)(F)F)c(NF)n3)cc(Cl)c21. The maximum absolute atomic E-state index is 12.7. The van der Waals surface area contributed by atoms with Crippen molar-refractivity contribution in [2.24, 2.45) is 0 Å². The van der Waals surface area contributed by atoms with Crippen LogP contribution in [-0.2, 0) is 17.4 Å². The average molecular weight is 362 g/mol. The van der Waals surface area contributed by atoms with Crippen molar-refractivity contribution in [3.63, 3.8) is 0 Å². The number of alkyl halides is 3. The second-order valence-electron chi connectivity index (χ2n) is 4.87. The topological polar surface area (TPSA) is 79.3 Å². The van der Waals surface area contributed by atoms with Crippen molar-refractivity contribution in [3.05, 3.63) is 34.5 Å². The maximum Gasteiger partial charge on any atom is 0.493 e. The van der Waals surface area contributed by atoms with Gasteiger partial charge in [0.2, 0.25) is 5.95 Å². The molecule has 0 fully saturated rings. The zero-order chi connectivity index (χ0) is 17.5. The number of anilines is 3. The molecule has 1 aliphatic heterocycles. The van der Waals surface area contributed by atoms with Crippen molar-refractivity contribution in [2.45, 2.75) is 12.8 Å². The predicted octanol–water partition coefficient (Wildman–Crippen LogP) is 2.41. The van der Waals surface area contributed by atoms with E-state index in [0.717, 1.165) is 5.54 Å². The largest absolute Gasteiger partial charge is 0.493 e. The molecule has 0 aliphatic carbocycles. The lowest BCUT2D eigenvalue weighted by Gasteiger charge is -2.12. The quantitative estimate of drug-likeness (QED) is 0.442. The molecule has 1 aromatic carbocycles. The van der Waals surface area contributed by atoms with E-state index in [1.165, 1.54) is 6.07 Å². The van der Waals surface area contributed by atoms with Gasteiger partial charge in [0.05, 0.1) is 6.61 Å². The summed E-state index contributed by atoms with van der Waals surface area (Å²) in [5.41, 5.74) is 0.934. The van der Waals surface area contributed by atoms with Gasteiger partial charge in [0.1, 0.15) is 5.56 Å². The van der Waals surface area contributed by atoms with Gasteiger partial charge in [-0.25, -0.2) is 10.5 Å². The summed E-state index contributed by atoms with van der Waals surface area (Å²) in [4.78, 5) is 6.95. The minimum absolute atomic E-state index is 0.122. The van der Waals surface area contributed by atoms with Crippen molar-refractivity contribution in [1.82, 2.24) is 9.97 Å². The zero-order valence-corrected chi connectivity index (χ0v) is 12.4. The van der Waals surface area contributed by atoms with E-state index in [-0.39, 0.29) is 17.6 Å². The average Bonchev–Trinajstić information content (AvgIpc) is 2.87. The van der Waals surface area contributed by atoms with E-state index in [0.29, 0.717) is 22.9 Å². The molecule has 0 bridgehead atoms. The van der Waals surface area contributed by atoms with Gasteiger partial charge in [0.25, 0.3) is 0 Å². The first kappa shape index (κ1) is 16.7. The molecule has 6 nitrogen and oxygen atoms in total. The molecule has 24 heavy (non-hydrogen) atoms. The number of halogens is 5. The van der Waals surface area contributed by atoms with E-state index in [9.17, 15) is 22.7 Å². The minimum atomic E-state index is -4.79. The summed E-state index contributed by atoms with van der Waals surface area (Å²) in [6, 6.07) is 2.99. The van der Waals surface area contributed by atoms with Crippen LogP contribution >= 0.6 is 11.6 Å². The molecule has 2 aromatic rings. The van der Waals surface area contributed by atoms with Gasteiger partial charge in [-0.05, 0) is 17.7 Å². The highest BCUT2D eigenvalue weighted by atomic mass is 35.5. The summed E-state index contributed by atoms with van der Waals surface area (Å²) in [6.07, 6.45) is -4.34. The maximum atomic E-state index is 12.7. The molecule has 3 rings (SSSR count). The molecule has 12 heteroatoms. The molecule has 3 N–H and O–H groups in total. The van der Waals surface area contributed by atoms with Crippen molar-refractivity contribution in [2.75, 3.05) is 10.9 Å². The standard InChI is InChI=1S/C12H8BClF4N4O2/c14-8-2-6(1-5-4-24-13(23)9(5)8)20-11-19-3-7(12(15,16)17)10(21-11)22-18/h1-3,23H,4H2,(H2,19,20,21,22). The number of hydrogen-bond donors (Lipinski definition) is 3. The van der Waals surface area contributed by atoms with E-state index in [1.807, 2.05) is 0 Å². The van der Waals surface area contributed by atoms with E-state index in [4.69, 9.17) is 16.3 Å². The normalized spacial score (nSPS) is 13.8. The smallest absolute Gasteiger partial charge is 0.423 e. The lowest BCUT2D eigenvalue weighted by Crippen LogP contribution is -2.29. The van der Waals surface area contributed by atoms with E-state index in [1.54, 1.807) is 6.07 Å². The molecule has 0 unspecified atom stereocenters. The second-order valence-corrected chi connectivity index (χ2v) is 5.27. The van der Waals surface area contributed by atoms with Crippen LogP contribution in [0, 0.1) is 0 Å². The van der Waals surface area contributed by atoms with E-state index < -0.39 is 24.7 Å². The minimum Gasteiger partial charge on any atom is -0.423 e. The lowest BCUT2D eigenvalue weighted by atomic mass is 9.79. The van der Waals surface area contributed by atoms with Crippen LogP contribution in [0.2, 0.25) is 5.02 Å². The number of aromatic nitrogens is 2. The molecule has 2 heterocycles. The third-order valence-electron chi connectivity index (χ3n) is 3.30. The van der Waals surface area contributed by atoms with Gasteiger partial charge in [-0.2, -0.15) is 18.2 Å². The Morgan fingerprint density at radius 3 is 2.75 bits per heavy atom. The number of hydrogen-bond acceptors (Lipinski definition) is 6. The Morgan fingerprint density at radius 1 is 1.33 bits per heavy atom. The Balaban J connectivity index is 1.91. The van der Waals surface area contributed by atoms with Crippen molar-refractivity contribution in [1.29, 1.82) is 0 Å². The molecule has 0 saturated heterocycles. The van der Waals surface area contributed by atoms with E-state index in [2.05, 4.69) is 15.3 Å². The zero-order valence-electron chi connectivity index (χ0n) is 11.7. The van der Waals surface area contributed by atoms with Crippen LogP contribution in [0.4, 0.5) is 35.1 Å². The van der Waals surface area contributed by atoms with Crippen LogP contribution in [0.15, 0.2) is 18.3 Å². The molecule has 1 aliphatic rings. The van der Waals surface area contributed by atoms with Crippen LogP contribution < -0.4 is 16.3 Å². The molecule has 0 radical (unpaired) electrons. The van der Waals surface area contributed by atoms with Crippen LogP contribution in [0.5, 0.6) is 0 Å². The number of benzene rings is 1. The molecular formula is C12H8BClF4N4O2. The van der Waals surface area contributed by atoms with E-state index >= 15 is 0 Å². The summed E-state index contributed by atoms with van der Waals surface area (Å²) in [5, 5.41) is 12.4. The van der Waals surface area contributed by atoms with Gasteiger partial charge in [0, 0.05) is 22.4 Å². The van der Waals surface area contributed by atoms with Crippen molar-refractivity contribution in [3.8, 4) is 0 Å². The summed E-state index contributed by atoms with van der Waals surface area (Å²) >= 11 is 6.04. The summed E-state index contributed by atoms with van der Waals surface area (Å²) in [7, 11) is -1.13. The third-order valence-corrected chi connectivity index (χ3v) is 3.61. The monoisotopic (exact) mass is 362 g/mol. The van der Waals surface area contributed by atoms with Crippen LogP contribution in [0.3, 0.4) is 0 Å². The number of rotatable bonds is 3. The fourth-order valence-electron chi connectivity index (χ4n) is 2.25. The Kier molecular flexibility index (Phi) is 4.24. The Labute approximate surface area is 137 Å². The lowest BCUT2D eigenvalue weighted by molar-refractivity contribution is -0.137. The fraction of sp³-hybridized carbons (Fsp3) is 0.167. The van der Waals surface area contributed by atoms with Gasteiger partial charge < -0.3 is 15.0 Å². The Bertz CT molecular complexity index is 792. The number of fused-ring (bicyclic) bond motifs is 1. The van der Waals surface area contributed by atoms with Crippen molar-refractivity contribution >= 4 is 41.6 Å². The highest BCUT2D eigenvalue weighted by molar-refractivity contribution is 6.65. The number of nitrogens with zero attached hydrogens (tertiary/aromatic N) is 2. The van der Waals surface area contributed by atoms with Crippen LogP contribution in [0.25, 0.3) is 0 Å². The van der Waals surface area contributed by atoms with Gasteiger partial charge in [-0.3, -0.25) is 0 Å². The predicted molar refractivity (Wildman–Crippen MR) is 78.9 cm³/mol. The number of nitrogens with one attached hydrogen (secondary N) is 2. The highest BCUT2D eigenvalue weighted by Crippen LogP contribution is 2.34. The molecule has 0 saturated carbocycles. The molecular weight excluding hydrogens is 354 g/mol. The Hall–Kier alpha value is -2.11. The summed E-state index contributed by atoms with van der Waals surface area (Å²) in [5.74, 6) is -1.27. The Morgan fingerprint density at radius 2 is 2.08 bits per heavy atom. The molecule has 0 amide bonds. The molecule has 126 valence electrons. The fourth-order valence-corrected chi connectivity index (χ4v) is 2.58. The summed E-state index contributed by atoms with van der Waals surface area (Å²) in [6.45, 7) is 0.122. The van der Waals surface area contributed by atoms with Gasteiger partial charge in [0.15, 0.2) is 5.82 Å².